The maximum atomic E-state index is 14.0. The van der Waals surface area contributed by atoms with Crippen molar-refractivity contribution >= 4 is 11.8 Å². The molecule has 2 aromatic carbocycles. The van der Waals surface area contributed by atoms with Crippen molar-refractivity contribution in [1.29, 1.82) is 0 Å². The van der Waals surface area contributed by atoms with E-state index in [9.17, 15) is 14.7 Å². The van der Waals surface area contributed by atoms with Crippen molar-refractivity contribution in [2.45, 2.75) is 69.4 Å². The summed E-state index contributed by atoms with van der Waals surface area (Å²) in [5.74, 6) is -1.28. The lowest BCUT2D eigenvalue weighted by atomic mass is 9.58. The van der Waals surface area contributed by atoms with Gasteiger partial charge in [0.2, 0.25) is 0 Å². The number of para-hydroxylation sites is 1. The summed E-state index contributed by atoms with van der Waals surface area (Å²) in [6, 6.07) is 15.0. The highest BCUT2D eigenvalue weighted by molar-refractivity contribution is 6.05. The number of aromatic carboxylic acids is 1. The predicted octanol–water partition coefficient (Wildman–Crippen LogP) is 5.68. The van der Waals surface area contributed by atoms with Gasteiger partial charge in [0, 0.05) is 0 Å². The van der Waals surface area contributed by atoms with E-state index in [4.69, 9.17) is 4.74 Å². The zero-order valence-corrected chi connectivity index (χ0v) is 19.4. The Bertz CT molecular complexity index is 1040. The van der Waals surface area contributed by atoms with Crippen LogP contribution in [0.5, 0.6) is 5.75 Å². The SMILES string of the molecule is C[C@@H]1C(=O)c2cccc(C(=O)O)c2O[C@@]1(c1ccccc1)C1(N2CCCCC2)CCCCC1. The standard InChI is InChI=1S/C28H33NO4/c1-20-24(30)22-14-11-15-23(26(31)32)25(22)33-28(20,21-12-5-2-6-13-21)27(16-7-3-8-17-27)29-18-9-4-10-19-29/h2,5-6,11-15,20H,3-4,7-10,16-19H2,1H3,(H,31,32)/t20-,28+/m1/s1. The highest BCUT2D eigenvalue weighted by Gasteiger charge is 2.64. The normalized spacial score (nSPS) is 27.4. The summed E-state index contributed by atoms with van der Waals surface area (Å²) < 4.78 is 7.03. The van der Waals surface area contributed by atoms with E-state index >= 15 is 0 Å². The number of carbonyl (C=O) groups excluding carboxylic acids is 1. The van der Waals surface area contributed by atoms with Crippen LogP contribution >= 0.6 is 0 Å². The van der Waals surface area contributed by atoms with Crippen molar-refractivity contribution in [3.63, 3.8) is 0 Å². The molecule has 1 saturated heterocycles. The predicted molar refractivity (Wildman–Crippen MR) is 127 cm³/mol. The van der Waals surface area contributed by atoms with E-state index in [0.717, 1.165) is 57.2 Å². The summed E-state index contributed by atoms with van der Waals surface area (Å²) in [7, 11) is 0. The Kier molecular flexibility index (Phi) is 5.77. The number of carboxylic acid groups (broad SMARTS) is 1. The number of Topliss-reactive ketones (excluding diaryl/α,β-unsaturated/α-hetero) is 1. The van der Waals surface area contributed by atoms with Gasteiger partial charge in [-0.3, -0.25) is 9.69 Å². The molecule has 5 heteroatoms. The number of likely N-dealkylation sites (tertiary alicyclic amines) is 1. The largest absolute Gasteiger partial charge is 0.478 e. The zero-order valence-electron chi connectivity index (χ0n) is 19.4. The second kappa shape index (κ2) is 8.60. The van der Waals surface area contributed by atoms with Crippen LogP contribution in [0.25, 0.3) is 0 Å². The maximum Gasteiger partial charge on any atom is 0.339 e. The Morgan fingerprint density at radius 2 is 1.61 bits per heavy atom. The van der Waals surface area contributed by atoms with Crippen LogP contribution in [0, 0.1) is 5.92 Å². The molecule has 1 saturated carbocycles. The van der Waals surface area contributed by atoms with Gasteiger partial charge in [-0.25, -0.2) is 4.79 Å². The number of ether oxygens (including phenoxy) is 1. The van der Waals surface area contributed by atoms with Crippen LogP contribution in [0.4, 0.5) is 0 Å². The summed E-state index contributed by atoms with van der Waals surface area (Å²) in [4.78, 5) is 28.7. The van der Waals surface area contributed by atoms with Crippen LogP contribution in [0.2, 0.25) is 0 Å². The Morgan fingerprint density at radius 1 is 0.939 bits per heavy atom. The van der Waals surface area contributed by atoms with Crippen LogP contribution in [-0.4, -0.2) is 40.4 Å². The third-order valence-corrected chi connectivity index (χ3v) is 8.31. The molecule has 2 atom stereocenters. The highest BCUT2D eigenvalue weighted by atomic mass is 16.5. The lowest BCUT2D eigenvalue weighted by molar-refractivity contribution is -0.150. The molecule has 0 spiro atoms. The monoisotopic (exact) mass is 447 g/mol. The summed E-state index contributed by atoms with van der Waals surface area (Å²) in [5, 5.41) is 9.96. The number of fused-ring (bicyclic) bond motifs is 1. The molecule has 2 heterocycles. The Balaban J connectivity index is 1.79. The number of nitrogens with zero attached hydrogens (tertiary/aromatic N) is 1. The van der Waals surface area contributed by atoms with Crippen molar-refractivity contribution in [3.8, 4) is 5.75 Å². The van der Waals surface area contributed by atoms with Crippen molar-refractivity contribution < 1.29 is 19.4 Å². The number of hydrogen-bond donors (Lipinski definition) is 1. The van der Waals surface area contributed by atoms with E-state index in [1.807, 2.05) is 25.1 Å². The number of benzene rings is 2. The van der Waals surface area contributed by atoms with Crippen LogP contribution in [-0.2, 0) is 5.60 Å². The molecule has 0 radical (unpaired) electrons. The minimum absolute atomic E-state index is 0.0230. The number of hydrogen-bond acceptors (Lipinski definition) is 4. The van der Waals surface area contributed by atoms with Gasteiger partial charge < -0.3 is 9.84 Å². The molecule has 174 valence electrons. The summed E-state index contributed by atoms with van der Waals surface area (Å²) in [5.41, 5.74) is 0.132. The second-order valence-electron chi connectivity index (χ2n) is 9.92. The average Bonchev–Trinajstić information content (AvgIpc) is 2.87. The molecule has 0 bridgehead atoms. The molecule has 33 heavy (non-hydrogen) atoms. The molecule has 2 aromatic rings. The Labute approximate surface area is 195 Å². The van der Waals surface area contributed by atoms with Crippen LogP contribution in [0.1, 0.15) is 84.6 Å². The van der Waals surface area contributed by atoms with Crippen molar-refractivity contribution in [2.75, 3.05) is 13.1 Å². The first-order valence-corrected chi connectivity index (χ1v) is 12.4. The molecule has 1 N–H and O–H groups in total. The topological polar surface area (TPSA) is 66.8 Å². The van der Waals surface area contributed by atoms with E-state index in [1.54, 1.807) is 18.2 Å². The number of carboxylic acids is 1. The Morgan fingerprint density at radius 3 is 2.27 bits per heavy atom. The van der Waals surface area contributed by atoms with Gasteiger partial charge in [-0.15, -0.1) is 0 Å². The van der Waals surface area contributed by atoms with Gasteiger partial charge in [-0.2, -0.15) is 0 Å². The van der Waals surface area contributed by atoms with Gasteiger partial charge in [0.25, 0.3) is 0 Å². The van der Waals surface area contributed by atoms with Crippen LogP contribution < -0.4 is 4.74 Å². The number of carbonyl (C=O) groups is 2. The minimum atomic E-state index is -1.06. The van der Waals surface area contributed by atoms with Gasteiger partial charge >= 0.3 is 5.97 Å². The second-order valence-corrected chi connectivity index (χ2v) is 9.92. The van der Waals surface area contributed by atoms with E-state index in [0.29, 0.717) is 5.56 Å². The first-order valence-electron chi connectivity index (χ1n) is 12.4. The highest BCUT2D eigenvalue weighted by Crippen LogP contribution is 2.57. The number of ketones is 1. The molecular formula is C28H33NO4. The summed E-state index contributed by atoms with van der Waals surface area (Å²) in [6.07, 6.45) is 8.77. The fourth-order valence-corrected chi connectivity index (χ4v) is 6.82. The fourth-order valence-electron chi connectivity index (χ4n) is 6.82. The molecule has 0 aromatic heterocycles. The van der Waals surface area contributed by atoms with Gasteiger partial charge in [0.05, 0.1) is 17.0 Å². The molecule has 5 nitrogen and oxygen atoms in total. The van der Waals surface area contributed by atoms with Crippen molar-refractivity contribution in [3.05, 3.63) is 65.2 Å². The summed E-state index contributed by atoms with van der Waals surface area (Å²) in [6.45, 7) is 3.98. The molecular weight excluding hydrogens is 414 g/mol. The first kappa shape index (κ1) is 22.1. The van der Waals surface area contributed by atoms with Gasteiger partial charge in [0.15, 0.2) is 11.4 Å². The Hall–Kier alpha value is -2.66. The minimum Gasteiger partial charge on any atom is -0.478 e. The van der Waals surface area contributed by atoms with E-state index in [2.05, 4.69) is 17.0 Å². The van der Waals surface area contributed by atoms with Crippen molar-refractivity contribution in [1.82, 2.24) is 4.90 Å². The fraction of sp³-hybridized carbons (Fsp3) is 0.500. The molecule has 2 aliphatic heterocycles. The maximum absolute atomic E-state index is 14.0. The van der Waals surface area contributed by atoms with Crippen molar-refractivity contribution in [2.24, 2.45) is 5.92 Å². The zero-order chi connectivity index (χ0) is 23.1. The molecule has 0 unspecified atom stereocenters. The molecule has 1 aliphatic carbocycles. The first-order chi connectivity index (χ1) is 16.0. The van der Waals surface area contributed by atoms with E-state index in [-0.39, 0.29) is 22.6 Å². The lowest BCUT2D eigenvalue weighted by Crippen LogP contribution is -2.70. The average molecular weight is 448 g/mol. The lowest BCUT2D eigenvalue weighted by Gasteiger charge is -2.61. The van der Waals surface area contributed by atoms with E-state index in [1.165, 1.54) is 12.8 Å². The quantitative estimate of drug-likeness (QED) is 0.653. The molecule has 5 rings (SSSR count). The van der Waals surface area contributed by atoms with Gasteiger partial charge in [-0.1, -0.05) is 69.0 Å². The van der Waals surface area contributed by atoms with Crippen LogP contribution in [0.15, 0.2) is 48.5 Å². The molecule has 3 aliphatic rings. The summed E-state index contributed by atoms with van der Waals surface area (Å²) >= 11 is 0. The molecule has 0 amide bonds. The van der Waals surface area contributed by atoms with Gasteiger partial charge in [-0.05, 0) is 56.5 Å². The van der Waals surface area contributed by atoms with Crippen LogP contribution in [0.3, 0.4) is 0 Å². The third kappa shape index (κ3) is 3.31. The number of rotatable bonds is 4. The smallest absolute Gasteiger partial charge is 0.339 e. The number of piperidine rings is 1. The van der Waals surface area contributed by atoms with E-state index < -0.39 is 17.5 Å². The molecule has 2 fully saturated rings. The third-order valence-electron chi connectivity index (χ3n) is 8.31. The van der Waals surface area contributed by atoms with Gasteiger partial charge in [0.1, 0.15) is 11.3 Å².